The van der Waals surface area contributed by atoms with E-state index >= 15 is 0 Å². The standard InChI is InChI=1S/C25H30N4O5S/c1-3-34-17-7-8-18-16(12-17)10-11-25(18)13-19-22(24(31)29-25)23(28-21(30)14-35(2,32)33)27-20(26-19)9-6-15-4-5-15/h7-8,12,15H,3-6,9-11,13-14H2,1-2H3,(H,29,31)(H,26,27,28,30)/t25-/m0/s1. The van der Waals surface area contributed by atoms with Crippen LogP contribution in [0.5, 0.6) is 5.75 Å². The van der Waals surface area contributed by atoms with Crippen molar-refractivity contribution in [2.45, 2.75) is 57.4 Å². The molecule has 2 aliphatic carbocycles. The Hall–Kier alpha value is -3.01. The van der Waals surface area contributed by atoms with Gasteiger partial charge in [-0.05, 0) is 55.4 Å². The first-order valence-electron chi connectivity index (χ1n) is 12.1. The van der Waals surface area contributed by atoms with Gasteiger partial charge in [0.25, 0.3) is 5.91 Å². The molecule has 1 fully saturated rings. The van der Waals surface area contributed by atoms with Crippen molar-refractivity contribution in [2.75, 3.05) is 23.9 Å². The van der Waals surface area contributed by atoms with Gasteiger partial charge in [-0.1, -0.05) is 18.9 Å². The number of hydrogen-bond donors (Lipinski definition) is 2. The van der Waals surface area contributed by atoms with Gasteiger partial charge in [-0.15, -0.1) is 0 Å². The summed E-state index contributed by atoms with van der Waals surface area (Å²) in [5.41, 5.74) is 2.42. The van der Waals surface area contributed by atoms with Crippen molar-refractivity contribution in [1.29, 1.82) is 0 Å². The summed E-state index contributed by atoms with van der Waals surface area (Å²) in [4.78, 5) is 35.1. The monoisotopic (exact) mass is 498 g/mol. The molecule has 0 bridgehead atoms. The number of anilines is 1. The number of nitrogens with one attached hydrogen (secondary N) is 2. The van der Waals surface area contributed by atoms with E-state index in [1.165, 1.54) is 12.8 Å². The number of rotatable bonds is 8. The van der Waals surface area contributed by atoms with Crippen LogP contribution in [0.2, 0.25) is 0 Å². The fourth-order valence-electron chi connectivity index (χ4n) is 5.18. The highest BCUT2D eigenvalue weighted by Gasteiger charge is 2.46. The number of aryl methyl sites for hydroxylation is 2. The highest BCUT2D eigenvalue weighted by molar-refractivity contribution is 7.91. The fraction of sp³-hybridized carbons (Fsp3) is 0.520. The molecule has 9 nitrogen and oxygen atoms in total. The minimum Gasteiger partial charge on any atom is -0.494 e. The average molecular weight is 499 g/mol. The Morgan fingerprint density at radius 3 is 2.80 bits per heavy atom. The van der Waals surface area contributed by atoms with Gasteiger partial charge in [0.15, 0.2) is 9.84 Å². The quantitative estimate of drug-likeness (QED) is 0.572. The van der Waals surface area contributed by atoms with E-state index < -0.39 is 27.0 Å². The zero-order chi connectivity index (χ0) is 24.8. The molecule has 3 aliphatic rings. The largest absolute Gasteiger partial charge is 0.494 e. The Bertz CT molecular complexity index is 1310. The van der Waals surface area contributed by atoms with E-state index in [0.717, 1.165) is 42.4 Å². The number of fused-ring (bicyclic) bond motifs is 3. The maximum atomic E-state index is 13.4. The number of benzene rings is 1. The Labute approximate surface area is 205 Å². The van der Waals surface area contributed by atoms with Gasteiger partial charge >= 0.3 is 0 Å². The lowest BCUT2D eigenvalue weighted by molar-refractivity contribution is -0.113. The van der Waals surface area contributed by atoms with Gasteiger partial charge in [0, 0.05) is 19.1 Å². The smallest absolute Gasteiger partial charge is 0.257 e. The summed E-state index contributed by atoms with van der Waals surface area (Å²) in [6.07, 6.45) is 7.02. The van der Waals surface area contributed by atoms with Crippen molar-refractivity contribution < 1.29 is 22.7 Å². The van der Waals surface area contributed by atoms with Crippen molar-refractivity contribution in [3.8, 4) is 5.75 Å². The highest BCUT2D eigenvalue weighted by Crippen LogP contribution is 2.44. The van der Waals surface area contributed by atoms with Gasteiger partial charge in [0.2, 0.25) is 5.91 Å². The third kappa shape index (κ3) is 5.03. The van der Waals surface area contributed by atoms with Crippen LogP contribution in [0.1, 0.15) is 65.6 Å². The van der Waals surface area contributed by atoms with Crippen LogP contribution < -0.4 is 15.4 Å². The van der Waals surface area contributed by atoms with Crippen molar-refractivity contribution in [3.63, 3.8) is 0 Å². The second kappa shape index (κ2) is 8.89. The molecule has 10 heteroatoms. The van der Waals surface area contributed by atoms with Crippen LogP contribution in [-0.2, 0) is 39.4 Å². The lowest BCUT2D eigenvalue weighted by Gasteiger charge is -2.36. The fourth-order valence-corrected chi connectivity index (χ4v) is 5.73. The Kier molecular flexibility index (Phi) is 6.03. The molecular formula is C25H30N4O5S. The first-order valence-corrected chi connectivity index (χ1v) is 14.2. The number of aromatic nitrogens is 2. The van der Waals surface area contributed by atoms with Crippen molar-refractivity contribution >= 4 is 27.5 Å². The van der Waals surface area contributed by atoms with Crippen LogP contribution in [-0.4, -0.2) is 48.8 Å². The summed E-state index contributed by atoms with van der Waals surface area (Å²) in [5, 5.41) is 5.74. The summed E-state index contributed by atoms with van der Waals surface area (Å²) < 4.78 is 28.9. The molecule has 2 N–H and O–H groups in total. The minimum absolute atomic E-state index is 0.0895. The molecule has 0 saturated heterocycles. The molecule has 1 aromatic heterocycles. The van der Waals surface area contributed by atoms with Gasteiger partial charge in [0.1, 0.15) is 28.7 Å². The second-order valence-corrected chi connectivity index (χ2v) is 12.0. The maximum absolute atomic E-state index is 13.4. The van der Waals surface area contributed by atoms with Crippen LogP contribution in [0.3, 0.4) is 0 Å². The number of ether oxygens (including phenoxy) is 1. The highest BCUT2D eigenvalue weighted by atomic mass is 32.2. The van der Waals surface area contributed by atoms with Crippen molar-refractivity contribution in [3.05, 3.63) is 46.4 Å². The first-order chi connectivity index (χ1) is 16.7. The zero-order valence-corrected chi connectivity index (χ0v) is 20.8. The molecule has 35 heavy (non-hydrogen) atoms. The predicted octanol–water partition coefficient (Wildman–Crippen LogP) is 2.33. The van der Waals surface area contributed by atoms with Gasteiger partial charge in [-0.25, -0.2) is 18.4 Å². The molecule has 5 rings (SSSR count). The van der Waals surface area contributed by atoms with E-state index in [0.29, 0.717) is 36.9 Å². The first kappa shape index (κ1) is 23.7. The summed E-state index contributed by atoms with van der Waals surface area (Å²) in [5.74, 6) is 0.386. The molecule has 1 atom stereocenters. The van der Waals surface area contributed by atoms with E-state index in [1.54, 1.807) is 0 Å². The van der Waals surface area contributed by atoms with E-state index in [1.807, 2.05) is 25.1 Å². The van der Waals surface area contributed by atoms with Crippen molar-refractivity contribution in [2.24, 2.45) is 5.92 Å². The third-order valence-corrected chi connectivity index (χ3v) is 7.71. The molecule has 1 spiro atoms. The summed E-state index contributed by atoms with van der Waals surface area (Å²) in [6, 6.07) is 5.98. The average Bonchev–Trinajstić information content (AvgIpc) is 3.54. The summed E-state index contributed by atoms with van der Waals surface area (Å²) in [6.45, 7) is 2.53. The summed E-state index contributed by atoms with van der Waals surface area (Å²) >= 11 is 0. The SMILES string of the molecule is CCOc1ccc2c(c1)CC[C@]21Cc2nc(CCC3CC3)nc(NC(=O)CS(C)(=O)=O)c2C(=O)N1. The Morgan fingerprint density at radius 2 is 2.09 bits per heavy atom. The van der Waals surface area contributed by atoms with Gasteiger partial charge in [-0.2, -0.15) is 0 Å². The number of carbonyl (C=O) groups excluding carboxylic acids is 2. The molecule has 1 saturated carbocycles. The molecule has 1 aromatic carbocycles. The van der Waals surface area contributed by atoms with Crippen LogP contribution in [0, 0.1) is 5.92 Å². The van der Waals surface area contributed by atoms with Crippen LogP contribution in [0.25, 0.3) is 0 Å². The van der Waals surface area contributed by atoms with Crippen LogP contribution in [0.4, 0.5) is 5.82 Å². The van der Waals surface area contributed by atoms with Gasteiger partial charge in [0.05, 0.1) is 17.8 Å². The number of hydrogen-bond acceptors (Lipinski definition) is 7. The second-order valence-electron chi connectivity index (χ2n) is 9.88. The molecule has 0 unspecified atom stereocenters. The topological polar surface area (TPSA) is 127 Å². The number of carbonyl (C=O) groups is 2. The van der Waals surface area contributed by atoms with E-state index in [4.69, 9.17) is 9.72 Å². The van der Waals surface area contributed by atoms with E-state index in [-0.39, 0.29) is 17.3 Å². The molecule has 1 aliphatic heterocycles. The molecule has 0 radical (unpaired) electrons. The molecule has 2 aromatic rings. The lowest BCUT2D eigenvalue weighted by atomic mass is 9.82. The van der Waals surface area contributed by atoms with Crippen molar-refractivity contribution in [1.82, 2.24) is 15.3 Å². The number of sulfone groups is 1. The van der Waals surface area contributed by atoms with Crippen LogP contribution >= 0.6 is 0 Å². The minimum atomic E-state index is -3.53. The van der Waals surface area contributed by atoms with Crippen LogP contribution in [0.15, 0.2) is 18.2 Å². The third-order valence-electron chi connectivity index (χ3n) is 6.93. The molecule has 2 amide bonds. The molecular weight excluding hydrogens is 468 g/mol. The van der Waals surface area contributed by atoms with Gasteiger partial charge in [-0.3, -0.25) is 9.59 Å². The maximum Gasteiger partial charge on any atom is 0.257 e. The molecule has 2 heterocycles. The normalized spacial score (nSPS) is 20.8. The van der Waals surface area contributed by atoms with E-state index in [2.05, 4.69) is 15.6 Å². The summed E-state index contributed by atoms with van der Waals surface area (Å²) in [7, 11) is -3.53. The molecule has 186 valence electrons. The van der Waals surface area contributed by atoms with Gasteiger partial charge < -0.3 is 15.4 Å². The Morgan fingerprint density at radius 1 is 1.29 bits per heavy atom. The number of amides is 2. The predicted molar refractivity (Wildman–Crippen MR) is 130 cm³/mol. The Balaban J connectivity index is 1.50. The lowest BCUT2D eigenvalue weighted by Crippen LogP contribution is -2.50. The van der Waals surface area contributed by atoms with E-state index in [9.17, 15) is 18.0 Å². The number of nitrogens with zero attached hydrogens (tertiary/aromatic N) is 2. The zero-order valence-electron chi connectivity index (χ0n) is 20.0.